The lowest BCUT2D eigenvalue weighted by atomic mass is 9.89. The van der Waals surface area contributed by atoms with Crippen molar-refractivity contribution in [2.24, 2.45) is 5.92 Å². The normalized spacial score (nSPS) is 25.2. The summed E-state index contributed by atoms with van der Waals surface area (Å²) in [7, 11) is 0. The Labute approximate surface area is 202 Å². The lowest BCUT2D eigenvalue weighted by Crippen LogP contribution is -2.29. The van der Waals surface area contributed by atoms with Crippen molar-refractivity contribution >= 4 is 28.7 Å². The highest BCUT2D eigenvalue weighted by Gasteiger charge is 2.37. The number of hydrogen-bond donors (Lipinski definition) is 4. The van der Waals surface area contributed by atoms with E-state index in [1.807, 2.05) is 18.4 Å². The molecule has 2 aliphatic carbocycles. The number of rotatable bonds is 6. The predicted octanol–water partition coefficient (Wildman–Crippen LogP) is 4.68. The zero-order valence-electron chi connectivity index (χ0n) is 20.0. The molecule has 0 unspecified atom stereocenters. The monoisotopic (exact) mass is 486 g/mol. The Bertz CT molecular complexity index is 1180. The van der Waals surface area contributed by atoms with Crippen LogP contribution in [0.1, 0.15) is 64.8 Å². The van der Waals surface area contributed by atoms with Gasteiger partial charge in [0.1, 0.15) is 22.8 Å². The molecule has 0 amide bonds. The summed E-state index contributed by atoms with van der Waals surface area (Å²) in [5, 5.41) is 26.6. The van der Waals surface area contributed by atoms with E-state index >= 15 is 0 Å². The number of aliphatic hydroxyl groups excluding tert-OH is 1. The molecule has 188 valence electrons. The van der Waals surface area contributed by atoms with Gasteiger partial charge in [-0.15, -0.1) is 0 Å². The summed E-state index contributed by atoms with van der Waals surface area (Å²) in [6.45, 7) is 3.62. The van der Waals surface area contributed by atoms with Crippen LogP contribution in [0.3, 0.4) is 0 Å². The molecule has 0 spiro atoms. The van der Waals surface area contributed by atoms with Gasteiger partial charge < -0.3 is 20.8 Å². The van der Waals surface area contributed by atoms with Crippen molar-refractivity contribution in [3.8, 4) is 0 Å². The molecule has 5 rings (SSSR count). The molecule has 2 fully saturated rings. The minimum absolute atomic E-state index is 0.0543. The summed E-state index contributed by atoms with van der Waals surface area (Å²) >= 11 is 0. The van der Waals surface area contributed by atoms with E-state index in [-0.39, 0.29) is 35.7 Å². The van der Waals surface area contributed by atoms with E-state index < -0.39 is 17.2 Å². The average molecular weight is 487 g/mol. The molecule has 2 heterocycles. The Morgan fingerprint density at radius 1 is 1.03 bits per heavy atom. The molecule has 10 heteroatoms. The lowest BCUT2D eigenvalue weighted by Gasteiger charge is -2.26. The van der Waals surface area contributed by atoms with Gasteiger partial charge in [0.2, 0.25) is 11.9 Å². The molecular weight excluding hydrogens is 454 g/mol. The van der Waals surface area contributed by atoms with Gasteiger partial charge in [-0.2, -0.15) is 4.98 Å². The van der Waals surface area contributed by atoms with Gasteiger partial charge in [-0.25, -0.2) is 18.7 Å². The molecule has 0 saturated heterocycles. The smallest absolute Gasteiger partial charge is 0.224 e. The van der Waals surface area contributed by atoms with E-state index in [2.05, 4.69) is 20.6 Å². The molecule has 2 saturated carbocycles. The summed E-state index contributed by atoms with van der Waals surface area (Å²) in [6.07, 6.45) is 6.79. The van der Waals surface area contributed by atoms with Crippen LogP contribution >= 0.6 is 0 Å². The molecular formula is C25H32F2N6O2. The van der Waals surface area contributed by atoms with Crippen LogP contribution in [0.4, 0.5) is 26.4 Å². The highest BCUT2D eigenvalue weighted by molar-refractivity contribution is 5.76. The standard InChI is InChI=1S/C25H32F2N6O2/c1-25(2,35)14-6-9-16(12-14)33-22-20(30-24(33)31-21-18(26)4-3-5-19(21)27)13-28-23(32-22)29-15-7-10-17(34)11-8-15/h3-5,13-17,34-35H,6-12H2,1-2H3,(H,30,31)(H,28,29,32)/t14-,15?,16+,17?/m1/s1. The Morgan fingerprint density at radius 3 is 2.40 bits per heavy atom. The van der Waals surface area contributed by atoms with Gasteiger partial charge in [-0.1, -0.05) is 6.07 Å². The number of imidazole rings is 1. The number of aliphatic hydroxyl groups is 2. The third kappa shape index (κ3) is 4.95. The quantitative estimate of drug-likeness (QED) is 0.401. The van der Waals surface area contributed by atoms with Crippen molar-refractivity contribution in [2.75, 3.05) is 10.6 Å². The van der Waals surface area contributed by atoms with E-state index in [4.69, 9.17) is 4.98 Å². The molecule has 4 N–H and O–H groups in total. The number of anilines is 3. The zero-order chi connectivity index (χ0) is 24.7. The average Bonchev–Trinajstić information content (AvgIpc) is 3.42. The Hall–Kier alpha value is -2.85. The molecule has 2 atom stereocenters. The van der Waals surface area contributed by atoms with E-state index in [0.29, 0.717) is 23.5 Å². The molecule has 35 heavy (non-hydrogen) atoms. The molecule has 3 aromatic rings. The van der Waals surface area contributed by atoms with Crippen LogP contribution in [-0.2, 0) is 0 Å². The first kappa shape index (κ1) is 23.9. The highest BCUT2D eigenvalue weighted by atomic mass is 19.1. The first-order valence-electron chi connectivity index (χ1n) is 12.3. The molecule has 1 aromatic carbocycles. The van der Waals surface area contributed by atoms with Gasteiger partial charge in [0.15, 0.2) is 5.65 Å². The first-order valence-corrected chi connectivity index (χ1v) is 12.3. The number of fused-ring (bicyclic) bond motifs is 1. The SMILES string of the molecule is CC(C)(O)[C@@H]1CC[C@H](n2c(Nc3c(F)cccc3F)nc3cnc(NC4CCC(O)CC4)nc32)C1. The van der Waals surface area contributed by atoms with Crippen LogP contribution in [0, 0.1) is 17.6 Å². The lowest BCUT2D eigenvalue weighted by molar-refractivity contribution is 0.0186. The van der Waals surface area contributed by atoms with E-state index in [9.17, 15) is 19.0 Å². The summed E-state index contributed by atoms with van der Waals surface area (Å²) < 4.78 is 30.8. The van der Waals surface area contributed by atoms with Crippen molar-refractivity contribution in [1.82, 2.24) is 19.5 Å². The Morgan fingerprint density at radius 2 is 1.74 bits per heavy atom. The molecule has 0 radical (unpaired) electrons. The third-order valence-corrected chi connectivity index (χ3v) is 7.43. The summed E-state index contributed by atoms with van der Waals surface area (Å²) in [5.74, 6) is -0.593. The summed E-state index contributed by atoms with van der Waals surface area (Å²) in [4.78, 5) is 13.8. The van der Waals surface area contributed by atoms with Crippen LogP contribution in [0.2, 0.25) is 0 Å². The zero-order valence-corrected chi connectivity index (χ0v) is 20.0. The number of para-hydroxylation sites is 1. The number of aromatic nitrogens is 4. The van der Waals surface area contributed by atoms with Crippen molar-refractivity contribution in [2.45, 2.75) is 82.6 Å². The molecule has 2 aliphatic rings. The number of benzene rings is 1. The maximum atomic E-state index is 14.4. The maximum Gasteiger partial charge on any atom is 0.224 e. The number of nitrogens with zero attached hydrogens (tertiary/aromatic N) is 4. The van der Waals surface area contributed by atoms with Gasteiger partial charge in [0, 0.05) is 12.1 Å². The second-order valence-electron chi connectivity index (χ2n) is 10.4. The van der Waals surface area contributed by atoms with Crippen LogP contribution in [0.15, 0.2) is 24.4 Å². The fourth-order valence-corrected chi connectivity index (χ4v) is 5.36. The van der Waals surface area contributed by atoms with E-state index in [0.717, 1.165) is 38.5 Å². The summed E-state index contributed by atoms with van der Waals surface area (Å²) in [5.41, 5.74) is -0.0170. The second-order valence-corrected chi connectivity index (χ2v) is 10.4. The fraction of sp³-hybridized carbons (Fsp3) is 0.560. The molecule has 8 nitrogen and oxygen atoms in total. The van der Waals surface area contributed by atoms with Crippen molar-refractivity contribution in [1.29, 1.82) is 0 Å². The largest absolute Gasteiger partial charge is 0.393 e. The molecule has 0 aliphatic heterocycles. The van der Waals surface area contributed by atoms with Crippen LogP contribution < -0.4 is 10.6 Å². The highest BCUT2D eigenvalue weighted by Crippen LogP contribution is 2.43. The van der Waals surface area contributed by atoms with Gasteiger partial charge in [-0.05, 0) is 76.8 Å². The topological polar surface area (TPSA) is 108 Å². The van der Waals surface area contributed by atoms with Crippen LogP contribution in [-0.4, -0.2) is 47.5 Å². The molecule has 2 aromatic heterocycles. The van der Waals surface area contributed by atoms with Crippen LogP contribution in [0.25, 0.3) is 11.2 Å². The fourth-order valence-electron chi connectivity index (χ4n) is 5.36. The Balaban J connectivity index is 1.52. The van der Waals surface area contributed by atoms with Gasteiger partial charge in [0.05, 0.1) is 17.9 Å². The summed E-state index contributed by atoms with van der Waals surface area (Å²) in [6, 6.07) is 3.82. The second kappa shape index (κ2) is 9.31. The number of halogens is 2. The maximum absolute atomic E-state index is 14.4. The molecule has 0 bridgehead atoms. The van der Waals surface area contributed by atoms with Gasteiger partial charge in [-0.3, -0.25) is 4.57 Å². The van der Waals surface area contributed by atoms with E-state index in [1.165, 1.54) is 18.2 Å². The first-order chi connectivity index (χ1) is 16.7. The van der Waals surface area contributed by atoms with Gasteiger partial charge in [0.25, 0.3) is 0 Å². The number of hydrogen-bond acceptors (Lipinski definition) is 7. The third-order valence-electron chi connectivity index (χ3n) is 7.43. The Kier molecular flexibility index (Phi) is 6.35. The number of nitrogens with one attached hydrogen (secondary N) is 2. The van der Waals surface area contributed by atoms with Crippen molar-refractivity contribution < 1.29 is 19.0 Å². The van der Waals surface area contributed by atoms with E-state index in [1.54, 1.807) is 6.20 Å². The van der Waals surface area contributed by atoms with Crippen molar-refractivity contribution in [3.63, 3.8) is 0 Å². The predicted molar refractivity (Wildman–Crippen MR) is 130 cm³/mol. The minimum Gasteiger partial charge on any atom is -0.393 e. The van der Waals surface area contributed by atoms with Crippen LogP contribution in [0.5, 0.6) is 0 Å². The van der Waals surface area contributed by atoms with Crippen molar-refractivity contribution in [3.05, 3.63) is 36.0 Å². The minimum atomic E-state index is -0.830. The van der Waals surface area contributed by atoms with Gasteiger partial charge >= 0.3 is 0 Å².